The van der Waals surface area contributed by atoms with Crippen molar-refractivity contribution in [3.05, 3.63) is 222 Å². The number of aromatic nitrogens is 2. The van der Waals surface area contributed by atoms with Gasteiger partial charge in [0.1, 0.15) is 11.5 Å². The van der Waals surface area contributed by atoms with Crippen molar-refractivity contribution in [2.45, 2.75) is 5.41 Å². The Morgan fingerprint density at radius 2 is 1.02 bits per heavy atom. The molecule has 278 valence electrons. The summed E-state index contributed by atoms with van der Waals surface area (Å²) < 4.78 is 24.1. The molecule has 0 saturated carbocycles. The van der Waals surface area contributed by atoms with Gasteiger partial charge in [0.25, 0.3) is 0 Å². The molecule has 0 bridgehead atoms. The summed E-state index contributed by atoms with van der Waals surface area (Å²) in [4.78, 5) is 10.8. The molecular formula is C53H33N2O2PS. The highest BCUT2D eigenvalue weighted by molar-refractivity contribution is 7.85. The maximum Gasteiger partial charge on any atom is 0.171 e. The monoisotopic (exact) mass is 792 g/mol. The highest BCUT2D eigenvalue weighted by Crippen LogP contribution is 2.63. The molecule has 1 spiro atoms. The third-order valence-electron chi connectivity index (χ3n) is 12.1. The van der Waals surface area contributed by atoms with Crippen molar-refractivity contribution in [2.24, 2.45) is 0 Å². The maximum absolute atomic E-state index is 15.2. The largest absolute Gasteiger partial charge is 0.457 e. The normalized spacial score (nSPS) is 13.4. The predicted molar refractivity (Wildman–Crippen MR) is 243 cm³/mol. The molecule has 6 heteroatoms. The average molecular weight is 793 g/mol. The summed E-state index contributed by atoms with van der Waals surface area (Å²) in [5.41, 5.74) is 10.2. The molecule has 1 aliphatic heterocycles. The topological polar surface area (TPSA) is 52.1 Å². The van der Waals surface area contributed by atoms with Gasteiger partial charge in [-0.15, -0.1) is 11.3 Å². The number of para-hydroxylation sites is 2. The summed E-state index contributed by atoms with van der Waals surface area (Å²) in [5, 5.41) is 3.47. The average Bonchev–Trinajstić information content (AvgIpc) is 3.83. The van der Waals surface area contributed by atoms with Gasteiger partial charge in [0, 0.05) is 48.3 Å². The first-order valence-corrected chi connectivity index (χ1v) is 22.3. The fourth-order valence-corrected chi connectivity index (χ4v) is 13.3. The summed E-state index contributed by atoms with van der Waals surface area (Å²) in [6.07, 6.45) is 0. The Kier molecular flexibility index (Phi) is 7.56. The van der Waals surface area contributed by atoms with E-state index in [1.165, 1.54) is 22.3 Å². The SMILES string of the molecule is O=P(c1ccccc1)(c1ccccc1)c1ccc(-c2nc(-c3cccc4c3-c3ccccc3C43c4ccccc4Oc4ccccc43)c3sc4ccccc4c3n2)cc1. The summed E-state index contributed by atoms with van der Waals surface area (Å²) in [6, 6.07) is 68.6. The molecule has 2 aromatic heterocycles. The minimum atomic E-state index is -3.16. The third kappa shape index (κ3) is 4.86. The molecular weight excluding hydrogens is 760 g/mol. The van der Waals surface area contributed by atoms with Gasteiger partial charge in [0.2, 0.25) is 0 Å². The summed E-state index contributed by atoms with van der Waals surface area (Å²) >= 11 is 1.74. The lowest BCUT2D eigenvalue weighted by Crippen LogP contribution is -2.32. The Bertz CT molecular complexity index is 3250. The summed E-state index contributed by atoms with van der Waals surface area (Å²) in [7, 11) is -3.16. The van der Waals surface area contributed by atoms with Crippen molar-refractivity contribution in [3.8, 4) is 45.3 Å². The molecule has 4 nitrogen and oxygen atoms in total. The van der Waals surface area contributed by atoms with Gasteiger partial charge < -0.3 is 9.30 Å². The molecule has 1 aliphatic carbocycles. The van der Waals surface area contributed by atoms with Gasteiger partial charge in [0.05, 0.1) is 21.3 Å². The Hall–Kier alpha value is -6.91. The summed E-state index contributed by atoms with van der Waals surface area (Å²) in [6.45, 7) is 0. The van der Waals surface area contributed by atoms with Gasteiger partial charge in [0.15, 0.2) is 13.0 Å². The van der Waals surface area contributed by atoms with Gasteiger partial charge >= 0.3 is 0 Å². The van der Waals surface area contributed by atoms with Gasteiger partial charge in [-0.05, 0) is 40.5 Å². The molecule has 0 unspecified atom stereocenters. The molecule has 3 heterocycles. The Balaban J connectivity index is 1.10. The van der Waals surface area contributed by atoms with Crippen LogP contribution in [0.4, 0.5) is 0 Å². The van der Waals surface area contributed by atoms with Crippen molar-refractivity contribution < 1.29 is 9.30 Å². The third-order valence-corrected chi connectivity index (χ3v) is 16.3. The number of nitrogens with zero attached hydrogens (tertiary/aromatic N) is 2. The Labute approximate surface area is 345 Å². The first-order chi connectivity index (χ1) is 29.1. The van der Waals surface area contributed by atoms with E-state index in [0.717, 1.165) is 75.7 Å². The van der Waals surface area contributed by atoms with Crippen LogP contribution in [0.2, 0.25) is 0 Å². The first kappa shape index (κ1) is 34.2. The highest BCUT2D eigenvalue weighted by Gasteiger charge is 2.51. The van der Waals surface area contributed by atoms with E-state index in [4.69, 9.17) is 14.7 Å². The lowest BCUT2D eigenvalue weighted by Gasteiger charge is -2.39. The number of hydrogen-bond donors (Lipinski definition) is 0. The van der Waals surface area contributed by atoms with E-state index in [1.54, 1.807) is 11.3 Å². The quantitative estimate of drug-likeness (QED) is 0.163. The van der Waals surface area contributed by atoms with Gasteiger partial charge in [-0.25, -0.2) is 9.97 Å². The minimum absolute atomic E-state index is 0.593. The van der Waals surface area contributed by atoms with Crippen LogP contribution in [0.3, 0.4) is 0 Å². The van der Waals surface area contributed by atoms with Crippen LogP contribution in [-0.4, -0.2) is 9.97 Å². The fourth-order valence-electron chi connectivity index (χ4n) is 9.55. The van der Waals surface area contributed by atoms with Gasteiger partial charge in [-0.3, -0.25) is 0 Å². The standard InChI is InChI=1S/C53H33N2O2PS/c56-58(35-16-3-1-4-17-35,36-18-5-2-6-19-36)37-32-30-34(31-33-37)52-54-49-39-21-8-14-29-47(39)59-51(49)50(55-52)40-22-15-26-44-48(40)38-20-7-9-23-41(38)53(44)42-24-10-12-27-45(42)57-46-28-13-11-25-43(46)53/h1-33H. The second-order valence-corrected chi connectivity index (χ2v) is 18.9. The molecule has 2 aliphatic rings. The van der Waals surface area contributed by atoms with Crippen molar-refractivity contribution in [3.63, 3.8) is 0 Å². The zero-order chi connectivity index (χ0) is 39.1. The van der Waals surface area contributed by atoms with Crippen LogP contribution in [0, 0.1) is 0 Å². The number of thiophene rings is 1. The van der Waals surface area contributed by atoms with E-state index >= 15 is 4.57 Å². The number of hydrogen-bond acceptors (Lipinski definition) is 5. The number of rotatable bonds is 5. The van der Waals surface area contributed by atoms with Crippen LogP contribution in [0.15, 0.2) is 200 Å². The Morgan fingerprint density at radius 1 is 0.475 bits per heavy atom. The van der Waals surface area contributed by atoms with Crippen LogP contribution in [0.25, 0.3) is 54.1 Å². The molecule has 59 heavy (non-hydrogen) atoms. The molecule has 10 aromatic rings. The lowest BCUT2D eigenvalue weighted by molar-refractivity contribution is 0.436. The zero-order valence-electron chi connectivity index (χ0n) is 31.6. The molecule has 0 N–H and O–H groups in total. The molecule has 0 atom stereocenters. The van der Waals surface area contributed by atoms with Crippen LogP contribution in [0.1, 0.15) is 22.3 Å². The van der Waals surface area contributed by atoms with E-state index in [0.29, 0.717) is 5.82 Å². The summed E-state index contributed by atoms with van der Waals surface area (Å²) in [5.74, 6) is 2.35. The van der Waals surface area contributed by atoms with Crippen molar-refractivity contribution in [1.82, 2.24) is 9.97 Å². The second-order valence-electron chi connectivity index (χ2n) is 15.1. The van der Waals surface area contributed by atoms with E-state index in [1.807, 2.05) is 97.1 Å². The second kappa shape index (κ2) is 13.1. The smallest absolute Gasteiger partial charge is 0.171 e. The van der Waals surface area contributed by atoms with Crippen molar-refractivity contribution in [2.75, 3.05) is 0 Å². The van der Waals surface area contributed by atoms with Crippen LogP contribution >= 0.6 is 18.5 Å². The molecule has 0 radical (unpaired) electrons. The lowest BCUT2D eigenvalue weighted by atomic mass is 9.66. The molecule has 0 amide bonds. The van der Waals surface area contributed by atoms with E-state index in [9.17, 15) is 0 Å². The van der Waals surface area contributed by atoms with Crippen LogP contribution < -0.4 is 20.7 Å². The van der Waals surface area contributed by atoms with E-state index in [-0.39, 0.29) is 0 Å². The number of fused-ring (bicyclic) bond motifs is 12. The molecule has 0 saturated heterocycles. The fraction of sp³-hybridized carbons (Fsp3) is 0.0189. The number of ether oxygens (including phenoxy) is 1. The minimum Gasteiger partial charge on any atom is -0.457 e. The molecule has 12 rings (SSSR count). The zero-order valence-corrected chi connectivity index (χ0v) is 33.3. The highest BCUT2D eigenvalue weighted by atomic mass is 32.1. The van der Waals surface area contributed by atoms with E-state index in [2.05, 4.69) is 103 Å². The molecule has 8 aromatic carbocycles. The van der Waals surface area contributed by atoms with Crippen molar-refractivity contribution in [1.29, 1.82) is 0 Å². The number of benzene rings is 8. The van der Waals surface area contributed by atoms with Crippen LogP contribution in [-0.2, 0) is 9.98 Å². The predicted octanol–water partition coefficient (Wildman–Crippen LogP) is 12.3. The van der Waals surface area contributed by atoms with Gasteiger partial charge in [-0.2, -0.15) is 0 Å². The van der Waals surface area contributed by atoms with Gasteiger partial charge in [-0.1, -0.05) is 182 Å². The van der Waals surface area contributed by atoms with E-state index < -0.39 is 12.6 Å². The first-order valence-electron chi connectivity index (χ1n) is 19.8. The van der Waals surface area contributed by atoms with Crippen molar-refractivity contribution >= 4 is 54.7 Å². The van der Waals surface area contributed by atoms with Crippen LogP contribution in [0.5, 0.6) is 11.5 Å². The Morgan fingerprint density at radius 3 is 1.71 bits per heavy atom. The maximum atomic E-state index is 15.2. The molecule has 0 fully saturated rings.